The summed E-state index contributed by atoms with van der Waals surface area (Å²) in [5.41, 5.74) is 0.654. The molecular formula is C15H21N5O2. The summed E-state index contributed by atoms with van der Waals surface area (Å²) in [4.78, 5) is 20.2. The van der Waals surface area contributed by atoms with E-state index in [-0.39, 0.29) is 11.9 Å². The molecular weight excluding hydrogens is 282 g/mol. The number of pyridine rings is 1. The van der Waals surface area contributed by atoms with Crippen LogP contribution in [0.25, 0.3) is 11.5 Å². The Morgan fingerprint density at radius 3 is 3.00 bits per heavy atom. The zero-order valence-electron chi connectivity index (χ0n) is 12.9. The van der Waals surface area contributed by atoms with Crippen molar-refractivity contribution in [1.29, 1.82) is 0 Å². The summed E-state index contributed by atoms with van der Waals surface area (Å²) in [5, 5.41) is 9.98. The Morgan fingerprint density at radius 1 is 1.41 bits per heavy atom. The molecule has 7 heteroatoms. The van der Waals surface area contributed by atoms with Gasteiger partial charge in [0.25, 0.3) is 0 Å². The third-order valence-corrected chi connectivity index (χ3v) is 3.09. The van der Waals surface area contributed by atoms with Gasteiger partial charge in [0.2, 0.25) is 17.6 Å². The van der Waals surface area contributed by atoms with Crippen molar-refractivity contribution in [3.05, 3.63) is 30.3 Å². The van der Waals surface area contributed by atoms with Crippen LogP contribution in [0.3, 0.4) is 0 Å². The summed E-state index contributed by atoms with van der Waals surface area (Å²) >= 11 is 0. The van der Waals surface area contributed by atoms with E-state index in [1.54, 1.807) is 6.20 Å². The molecule has 0 aliphatic carbocycles. The maximum Gasteiger partial charge on any atom is 0.227 e. The summed E-state index contributed by atoms with van der Waals surface area (Å²) in [6, 6.07) is 5.75. The normalized spacial score (nSPS) is 12.1. The number of carbonyl (C=O) groups is 1. The van der Waals surface area contributed by atoms with Crippen LogP contribution in [0.1, 0.15) is 26.2 Å². The maximum absolute atomic E-state index is 11.8. The molecule has 0 unspecified atom stereocenters. The lowest BCUT2D eigenvalue weighted by molar-refractivity contribution is -0.121. The molecule has 0 aliphatic rings. The van der Waals surface area contributed by atoms with Gasteiger partial charge in [-0.05, 0) is 25.6 Å². The molecule has 7 nitrogen and oxygen atoms in total. The van der Waals surface area contributed by atoms with Crippen LogP contribution in [-0.4, -0.2) is 40.2 Å². The van der Waals surface area contributed by atoms with Crippen LogP contribution >= 0.6 is 0 Å². The maximum atomic E-state index is 11.8. The number of rotatable bonds is 8. The van der Waals surface area contributed by atoms with Crippen molar-refractivity contribution in [2.45, 2.75) is 32.7 Å². The van der Waals surface area contributed by atoms with Gasteiger partial charge >= 0.3 is 0 Å². The van der Waals surface area contributed by atoms with Crippen LogP contribution in [0.4, 0.5) is 0 Å². The predicted molar refractivity (Wildman–Crippen MR) is 82.0 cm³/mol. The molecule has 2 heterocycles. The molecule has 2 aromatic rings. The average molecular weight is 303 g/mol. The molecule has 118 valence electrons. The number of carbonyl (C=O) groups excluding carboxylic acids is 1. The van der Waals surface area contributed by atoms with Gasteiger partial charge < -0.3 is 15.2 Å². The van der Waals surface area contributed by atoms with Gasteiger partial charge in [-0.3, -0.25) is 9.78 Å². The molecule has 0 aliphatic heterocycles. The van der Waals surface area contributed by atoms with Gasteiger partial charge in [0.1, 0.15) is 5.69 Å². The average Bonchev–Trinajstić information content (AvgIpc) is 3.01. The highest BCUT2D eigenvalue weighted by Crippen LogP contribution is 2.12. The van der Waals surface area contributed by atoms with Gasteiger partial charge in [0.15, 0.2) is 0 Å². The fourth-order valence-electron chi connectivity index (χ4n) is 1.95. The minimum Gasteiger partial charge on any atom is -0.355 e. The van der Waals surface area contributed by atoms with E-state index in [2.05, 4.69) is 25.8 Å². The van der Waals surface area contributed by atoms with Crippen molar-refractivity contribution >= 4 is 5.91 Å². The quantitative estimate of drug-likeness (QED) is 0.760. The molecule has 1 amide bonds. The van der Waals surface area contributed by atoms with Crippen LogP contribution < -0.4 is 10.6 Å². The highest BCUT2D eigenvalue weighted by atomic mass is 16.5. The molecule has 2 aromatic heterocycles. The number of likely N-dealkylation sites (N-methyl/N-ethyl adjacent to an activating group) is 1. The Labute approximate surface area is 129 Å². The molecule has 0 radical (unpaired) electrons. The largest absolute Gasteiger partial charge is 0.355 e. The smallest absolute Gasteiger partial charge is 0.227 e. The Balaban J connectivity index is 1.78. The Kier molecular flexibility index (Phi) is 6.02. The fourth-order valence-corrected chi connectivity index (χ4v) is 1.95. The van der Waals surface area contributed by atoms with Crippen molar-refractivity contribution in [1.82, 2.24) is 25.8 Å². The minimum atomic E-state index is -0.0256. The monoisotopic (exact) mass is 303 g/mol. The molecule has 0 aromatic carbocycles. The molecule has 0 saturated heterocycles. The van der Waals surface area contributed by atoms with Gasteiger partial charge in [-0.25, -0.2) is 0 Å². The molecule has 0 bridgehead atoms. The summed E-state index contributed by atoms with van der Waals surface area (Å²) in [6.07, 6.45) is 2.41. The lowest BCUT2D eigenvalue weighted by Crippen LogP contribution is -2.38. The number of aryl methyl sites for hydroxylation is 1. The van der Waals surface area contributed by atoms with Gasteiger partial charge in [-0.1, -0.05) is 18.1 Å². The summed E-state index contributed by atoms with van der Waals surface area (Å²) in [7, 11) is 0. The van der Waals surface area contributed by atoms with E-state index in [1.807, 2.05) is 32.0 Å². The van der Waals surface area contributed by atoms with Crippen LogP contribution in [0.2, 0.25) is 0 Å². The number of amides is 1. The van der Waals surface area contributed by atoms with Crippen molar-refractivity contribution < 1.29 is 9.32 Å². The molecule has 1 atom stereocenters. The second kappa shape index (κ2) is 8.23. The fraction of sp³-hybridized carbons (Fsp3) is 0.467. The highest BCUT2D eigenvalue weighted by Gasteiger charge is 2.11. The topological polar surface area (TPSA) is 92.9 Å². The number of nitrogens with zero attached hydrogens (tertiary/aromatic N) is 3. The van der Waals surface area contributed by atoms with E-state index in [0.717, 1.165) is 6.54 Å². The van der Waals surface area contributed by atoms with Gasteiger partial charge in [0.05, 0.1) is 0 Å². The molecule has 0 spiro atoms. The minimum absolute atomic E-state index is 0.0256. The van der Waals surface area contributed by atoms with E-state index in [4.69, 9.17) is 4.52 Å². The summed E-state index contributed by atoms with van der Waals surface area (Å²) < 4.78 is 5.14. The number of hydrogen-bond acceptors (Lipinski definition) is 6. The zero-order valence-corrected chi connectivity index (χ0v) is 12.9. The second-order valence-electron chi connectivity index (χ2n) is 4.99. The second-order valence-corrected chi connectivity index (χ2v) is 4.99. The molecule has 0 saturated carbocycles. The molecule has 22 heavy (non-hydrogen) atoms. The van der Waals surface area contributed by atoms with Gasteiger partial charge in [-0.15, -0.1) is 0 Å². The lowest BCUT2D eigenvalue weighted by Gasteiger charge is -2.12. The first-order valence-corrected chi connectivity index (χ1v) is 7.43. The Bertz CT molecular complexity index is 585. The first-order chi connectivity index (χ1) is 10.7. The Hall–Kier alpha value is -2.28. The van der Waals surface area contributed by atoms with E-state index in [9.17, 15) is 4.79 Å². The van der Waals surface area contributed by atoms with Crippen LogP contribution in [0.15, 0.2) is 28.9 Å². The van der Waals surface area contributed by atoms with Crippen LogP contribution in [0.5, 0.6) is 0 Å². The van der Waals surface area contributed by atoms with E-state index >= 15 is 0 Å². The standard InChI is InChI=1S/C15H21N5O2/c1-3-16-11(2)10-18-13(21)7-8-14-19-15(20-22-14)12-6-4-5-9-17-12/h4-6,9,11,16H,3,7-8,10H2,1-2H3,(H,18,21)/t11-/m1/s1. The predicted octanol–water partition coefficient (Wildman–Crippen LogP) is 1.18. The molecule has 2 rings (SSSR count). The molecule has 0 fully saturated rings. The van der Waals surface area contributed by atoms with Crippen molar-refractivity contribution in [2.24, 2.45) is 0 Å². The van der Waals surface area contributed by atoms with Crippen molar-refractivity contribution in [3.63, 3.8) is 0 Å². The van der Waals surface area contributed by atoms with Gasteiger partial charge in [-0.2, -0.15) is 4.98 Å². The highest BCUT2D eigenvalue weighted by molar-refractivity contribution is 5.76. The first-order valence-electron chi connectivity index (χ1n) is 7.43. The number of hydrogen-bond donors (Lipinski definition) is 2. The van der Waals surface area contributed by atoms with Crippen LogP contribution in [-0.2, 0) is 11.2 Å². The van der Waals surface area contributed by atoms with E-state index in [0.29, 0.717) is 36.8 Å². The first kappa shape index (κ1) is 16.1. The van der Waals surface area contributed by atoms with Crippen molar-refractivity contribution in [2.75, 3.05) is 13.1 Å². The zero-order chi connectivity index (χ0) is 15.8. The van der Waals surface area contributed by atoms with E-state index in [1.165, 1.54) is 0 Å². The summed E-state index contributed by atoms with van der Waals surface area (Å²) in [6.45, 7) is 5.55. The van der Waals surface area contributed by atoms with Crippen LogP contribution in [0, 0.1) is 0 Å². The summed E-state index contributed by atoms with van der Waals surface area (Å²) in [5.74, 6) is 0.856. The third-order valence-electron chi connectivity index (χ3n) is 3.09. The molecule has 2 N–H and O–H groups in total. The third kappa shape index (κ3) is 4.92. The lowest BCUT2D eigenvalue weighted by atomic mass is 10.2. The number of aromatic nitrogens is 3. The Morgan fingerprint density at radius 2 is 2.27 bits per heavy atom. The van der Waals surface area contributed by atoms with Gasteiger partial charge in [0, 0.05) is 31.6 Å². The van der Waals surface area contributed by atoms with Crippen molar-refractivity contribution in [3.8, 4) is 11.5 Å². The SMILES string of the molecule is CCN[C@H](C)CNC(=O)CCc1nc(-c2ccccn2)no1. The van der Waals surface area contributed by atoms with E-state index < -0.39 is 0 Å². The number of nitrogens with one attached hydrogen (secondary N) is 2.